The summed E-state index contributed by atoms with van der Waals surface area (Å²) in [7, 11) is 1.62. The molecule has 4 aromatic rings. The maximum absolute atomic E-state index is 8.39. The fraction of sp³-hybridized carbons (Fsp3) is 0.324. The molecule has 8 nitrogen and oxygen atoms in total. The SMILES string of the molecule is COc1ccc(COC[C@H]2O[C@H](OC(=N)C(Cl)(Cl)Cl)[C@H](OCc3ccccc3)[C@@H](OCc3ccccc3)[C@@H]2OCc2ccccc2)cc1. The summed E-state index contributed by atoms with van der Waals surface area (Å²) in [5, 5.41) is 8.39. The summed E-state index contributed by atoms with van der Waals surface area (Å²) in [6.45, 7) is 1.12. The van der Waals surface area contributed by atoms with Crippen molar-refractivity contribution >= 4 is 40.7 Å². The summed E-state index contributed by atoms with van der Waals surface area (Å²) in [6, 6.07) is 36.9. The summed E-state index contributed by atoms with van der Waals surface area (Å²) in [5.41, 5.74) is 3.78. The smallest absolute Gasteiger partial charge is 0.265 e. The van der Waals surface area contributed by atoms with E-state index in [1.165, 1.54) is 0 Å². The number of nitrogens with one attached hydrogen (secondary N) is 1. The van der Waals surface area contributed by atoms with Crippen molar-refractivity contribution in [3.05, 3.63) is 138 Å². The van der Waals surface area contributed by atoms with Gasteiger partial charge in [0.2, 0.25) is 12.2 Å². The van der Waals surface area contributed by atoms with E-state index in [0.717, 1.165) is 28.0 Å². The average molecular weight is 715 g/mol. The second kappa shape index (κ2) is 18.0. The summed E-state index contributed by atoms with van der Waals surface area (Å²) >= 11 is 18.2. The third-order valence-corrected chi connectivity index (χ3v) is 8.16. The van der Waals surface area contributed by atoms with E-state index in [0.29, 0.717) is 6.61 Å². The van der Waals surface area contributed by atoms with Crippen molar-refractivity contribution in [2.45, 2.75) is 60.9 Å². The first-order chi connectivity index (χ1) is 23.3. The predicted molar refractivity (Wildman–Crippen MR) is 185 cm³/mol. The lowest BCUT2D eigenvalue weighted by atomic mass is 9.97. The van der Waals surface area contributed by atoms with Gasteiger partial charge in [-0.1, -0.05) is 138 Å². The van der Waals surface area contributed by atoms with Crippen molar-refractivity contribution in [2.75, 3.05) is 13.7 Å². The van der Waals surface area contributed by atoms with E-state index in [1.54, 1.807) is 7.11 Å². The minimum atomic E-state index is -2.13. The molecular weight excluding hydrogens is 677 g/mol. The van der Waals surface area contributed by atoms with E-state index < -0.39 is 40.4 Å². The largest absolute Gasteiger partial charge is 0.497 e. The molecule has 254 valence electrons. The van der Waals surface area contributed by atoms with Crippen LogP contribution in [-0.4, -0.2) is 54.1 Å². The molecule has 1 aliphatic heterocycles. The van der Waals surface area contributed by atoms with Gasteiger partial charge < -0.3 is 33.2 Å². The Kier molecular flexibility index (Phi) is 13.5. The third kappa shape index (κ3) is 10.7. The molecule has 0 unspecified atom stereocenters. The zero-order valence-corrected chi connectivity index (χ0v) is 28.7. The van der Waals surface area contributed by atoms with Gasteiger partial charge in [-0.15, -0.1) is 0 Å². The van der Waals surface area contributed by atoms with Gasteiger partial charge in [-0.2, -0.15) is 0 Å². The van der Waals surface area contributed by atoms with Crippen LogP contribution in [0, 0.1) is 5.41 Å². The predicted octanol–water partition coefficient (Wildman–Crippen LogP) is 8.06. The van der Waals surface area contributed by atoms with Crippen molar-refractivity contribution in [3.8, 4) is 5.75 Å². The quantitative estimate of drug-likeness (QED) is 0.0758. The Morgan fingerprint density at radius 2 is 1.08 bits per heavy atom. The Hall–Kier alpha value is -3.18. The van der Waals surface area contributed by atoms with Crippen molar-refractivity contribution in [1.29, 1.82) is 5.41 Å². The standard InChI is InChI=1S/C37H38Cl3NO7/c1-42-30-19-17-29(18-20-30)21-43-25-31-32(44-22-26-11-5-2-6-12-26)33(45-23-27-13-7-3-8-14-27)34(46-24-28-15-9-4-10-16-28)35(47-31)48-36(41)37(38,39)40/h2-20,31-35,41H,21-25H2,1H3/t31-,32-,33+,34-,35-/m1/s1. The topological polar surface area (TPSA) is 88.5 Å². The molecule has 0 aromatic heterocycles. The van der Waals surface area contributed by atoms with Crippen LogP contribution in [-0.2, 0) is 54.8 Å². The summed E-state index contributed by atoms with van der Waals surface area (Å²) in [5.74, 6) is 0.134. The van der Waals surface area contributed by atoms with Crippen LogP contribution < -0.4 is 4.74 Å². The maximum atomic E-state index is 8.39. The normalized spacial score (nSPS) is 21.0. The van der Waals surface area contributed by atoms with Crippen LogP contribution in [0.4, 0.5) is 0 Å². The molecule has 1 fully saturated rings. The average Bonchev–Trinajstić information content (AvgIpc) is 3.11. The van der Waals surface area contributed by atoms with Gasteiger partial charge >= 0.3 is 0 Å². The minimum Gasteiger partial charge on any atom is -0.497 e. The molecule has 1 saturated heterocycles. The first-order valence-electron chi connectivity index (χ1n) is 15.5. The number of hydrogen-bond acceptors (Lipinski definition) is 8. The van der Waals surface area contributed by atoms with Gasteiger partial charge in [0.25, 0.3) is 3.79 Å². The molecule has 1 aliphatic rings. The molecule has 0 aliphatic carbocycles. The number of alkyl halides is 3. The maximum Gasteiger partial charge on any atom is 0.265 e. The second-order valence-corrected chi connectivity index (χ2v) is 13.4. The zero-order chi connectivity index (χ0) is 33.8. The Morgan fingerprint density at radius 1 is 0.625 bits per heavy atom. The number of ether oxygens (including phenoxy) is 7. The molecule has 0 radical (unpaired) electrons. The molecule has 0 saturated carbocycles. The summed E-state index contributed by atoms with van der Waals surface area (Å²) in [4.78, 5) is 0. The van der Waals surface area contributed by atoms with Crippen molar-refractivity contribution in [2.24, 2.45) is 0 Å². The molecule has 0 amide bonds. The van der Waals surface area contributed by atoms with Crippen LogP contribution in [0.15, 0.2) is 115 Å². The monoisotopic (exact) mass is 713 g/mol. The molecule has 11 heteroatoms. The Bertz CT molecular complexity index is 1530. The fourth-order valence-corrected chi connectivity index (χ4v) is 5.31. The van der Waals surface area contributed by atoms with Gasteiger partial charge in [0.15, 0.2) is 0 Å². The molecule has 4 aromatic carbocycles. The molecule has 1 N–H and O–H groups in total. The molecule has 0 bridgehead atoms. The van der Waals surface area contributed by atoms with Gasteiger partial charge in [0.05, 0.1) is 40.1 Å². The van der Waals surface area contributed by atoms with E-state index in [1.807, 2.05) is 115 Å². The van der Waals surface area contributed by atoms with Crippen molar-refractivity contribution in [1.82, 2.24) is 0 Å². The second-order valence-electron chi connectivity index (χ2n) is 11.1. The Morgan fingerprint density at radius 3 is 1.56 bits per heavy atom. The van der Waals surface area contributed by atoms with Crippen LogP contribution >= 0.6 is 34.8 Å². The van der Waals surface area contributed by atoms with Crippen molar-refractivity contribution in [3.63, 3.8) is 0 Å². The van der Waals surface area contributed by atoms with Gasteiger partial charge in [-0.25, -0.2) is 0 Å². The fourth-order valence-electron chi connectivity index (χ4n) is 5.17. The number of rotatable bonds is 15. The molecule has 5 rings (SSSR count). The van der Waals surface area contributed by atoms with Crippen LogP contribution in [0.5, 0.6) is 5.75 Å². The lowest BCUT2D eigenvalue weighted by molar-refractivity contribution is -0.313. The van der Waals surface area contributed by atoms with Gasteiger partial charge in [-0.05, 0) is 34.4 Å². The van der Waals surface area contributed by atoms with Crippen LogP contribution in [0.3, 0.4) is 0 Å². The highest BCUT2D eigenvalue weighted by molar-refractivity contribution is 6.76. The van der Waals surface area contributed by atoms with E-state index in [4.69, 9.17) is 73.4 Å². The highest BCUT2D eigenvalue weighted by atomic mass is 35.6. The minimum absolute atomic E-state index is 0.100. The van der Waals surface area contributed by atoms with E-state index in [2.05, 4.69) is 0 Å². The first-order valence-corrected chi connectivity index (χ1v) is 16.6. The van der Waals surface area contributed by atoms with E-state index in [9.17, 15) is 0 Å². The van der Waals surface area contributed by atoms with Gasteiger partial charge in [0.1, 0.15) is 30.2 Å². The first kappa shape index (κ1) is 36.1. The van der Waals surface area contributed by atoms with Crippen LogP contribution in [0.25, 0.3) is 0 Å². The third-order valence-electron chi connectivity index (χ3n) is 7.65. The number of halogens is 3. The lowest BCUT2D eigenvalue weighted by Gasteiger charge is -2.46. The molecule has 48 heavy (non-hydrogen) atoms. The molecule has 5 atom stereocenters. The molecular formula is C37H38Cl3NO7. The van der Waals surface area contributed by atoms with E-state index >= 15 is 0 Å². The highest BCUT2D eigenvalue weighted by Crippen LogP contribution is 2.35. The summed E-state index contributed by atoms with van der Waals surface area (Å²) in [6.07, 6.45) is -4.28. The number of methoxy groups -OCH3 is 1. The van der Waals surface area contributed by atoms with Crippen LogP contribution in [0.2, 0.25) is 0 Å². The molecule has 1 heterocycles. The Balaban J connectivity index is 1.45. The van der Waals surface area contributed by atoms with Crippen molar-refractivity contribution < 1.29 is 33.2 Å². The highest BCUT2D eigenvalue weighted by Gasteiger charge is 2.51. The summed E-state index contributed by atoms with van der Waals surface area (Å²) < 4.78 is 41.5. The van der Waals surface area contributed by atoms with Crippen LogP contribution in [0.1, 0.15) is 22.3 Å². The van der Waals surface area contributed by atoms with Gasteiger partial charge in [-0.3, -0.25) is 5.41 Å². The Labute approximate surface area is 296 Å². The number of benzene rings is 4. The zero-order valence-electron chi connectivity index (χ0n) is 26.4. The lowest BCUT2D eigenvalue weighted by Crippen LogP contribution is -2.62. The van der Waals surface area contributed by atoms with Gasteiger partial charge in [0, 0.05) is 0 Å². The number of hydrogen-bond donors (Lipinski definition) is 1. The molecule has 0 spiro atoms. The van der Waals surface area contributed by atoms with E-state index in [-0.39, 0.29) is 26.4 Å².